The maximum Gasteiger partial charge on any atom is 0.459 e. The number of nitrogens with zero attached hydrogens (tertiary/aromatic N) is 1. The number of hydrogen-bond donors (Lipinski definition) is 3. The number of ether oxygens (including phenoxy) is 2. The molecule has 1 saturated heterocycles. The van der Waals surface area contributed by atoms with Crippen LogP contribution in [-0.2, 0) is 23.4 Å². The standard InChI is InChI=1S/C23H29BrN3O9P/c1-14(2)20(22(30)33-3)26-37(32,36-16-7-5-4-6-8-16)34-13-18-17(28)11-19(35-18)27-12-15(9-10-24)21(29)25-23(27)31/h4-10,12,14,17-20,28H,11,13H2,1-3H3,(H,26,32)(H,25,29,31)/b10-9+/t17-,18?,19-,20?,37?/m1/s1. The van der Waals surface area contributed by atoms with Gasteiger partial charge in [0.2, 0.25) is 0 Å². The lowest BCUT2D eigenvalue weighted by Crippen LogP contribution is -2.41. The second-order valence-electron chi connectivity index (χ2n) is 8.55. The van der Waals surface area contributed by atoms with E-state index in [0.29, 0.717) is 0 Å². The molecule has 5 atom stereocenters. The molecular weight excluding hydrogens is 573 g/mol. The van der Waals surface area contributed by atoms with Crippen molar-refractivity contribution in [3.63, 3.8) is 0 Å². The number of carbonyl (C=O) groups is 1. The molecule has 1 aliphatic heterocycles. The molecule has 37 heavy (non-hydrogen) atoms. The van der Waals surface area contributed by atoms with Crippen LogP contribution in [0.2, 0.25) is 0 Å². The fraction of sp³-hybridized carbons (Fsp3) is 0.435. The van der Waals surface area contributed by atoms with Crippen LogP contribution in [0, 0.1) is 5.92 Å². The molecule has 0 bridgehead atoms. The number of halogens is 1. The summed E-state index contributed by atoms with van der Waals surface area (Å²) in [7, 11) is -2.98. The molecule has 3 unspecified atom stereocenters. The van der Waals surface area contributed by atoms with Gasteiger partial charge in [-0.3, -0.25) is 23.7 Å². The van der Waals surface area contributed by atoms with Gasteiger partial charge in [-0.25, -0.2) is 9.36 Å². The summed E-state index contributed by atoms with van der Waals surface area (Å²) >= 11 is 3.09. The summed E-state index contributed by atoms with van der Waals surface area (Å²) in [6, 6.07) is 7.22. The van der Waals surface area contributed by atoms with Crippen molar-refractivity contribution < 1.29 is 33.0 Å². The summed E-state index contributed by atoms with van der Waals surface area (Å²) in [5.41, 5.74) is -1.10. The van der Waals surface area contributed by atoms with Crippen LogP contribution in [-0.4, -0.2) is 52.6 Å². The average Bonchev–Trinajstić information content (AvgIpc) is 3.23. The van der Waals surface area contributed by atoms with Gasteiger partial charge in [0.25, 0.3) is 5.56 Å². The highest BCUT2D eigenvalue weighted by molar-refractivity contribution is 9.11. The van der Waals surface area contributed by atoms with Crippen molar-refractivity contribution in [1.29, 1.82) is 0 Å². The molecule has 3 rings (SSSR count). The third-order valence-corrected chi connectivity index (χ3v) is 7.35. The zero-order valence-corrected chi connectivity index (χ0v) is 22.9. The van der Waals surface area contributed by atoms with Gasteiger partial charge in [0.1, 0.15) is 24.1 Å². The number of carbonyl (C=O) groups excluding carboxylic acids is 1. The van der Waals surface area contributed by atoms with Gasteiger partial charge in [-0.2, -0.15) is 5.09 Å². The van der Waals surface area contributed by atoms with Crippen molar-refractivity contribution in [3.8, 4) is 5.75 Å². The minimum Gasteiger partial charge on any atom is -0.468 e. The average molecular weight is 602 g/mol. The monoisotopic (exact) mass is 601 g/mol. The highest BCUT2D eigenvalue weighted by atomic mass is 79.9. The Morgan fingerprint density at radius 1 is 1.35 bits per heavy atom. The molecule has 14 heteroatoms. The van der Waals surface area contributed by atoms with Crippen molar-refractivity contribution in [2.24, 2.45) is 5.92 Å². The topological polar surface area (TPSA) is 158 Å². The summed E-state index contributed by atoms with van der Waals surface area (Å²) in [6.45, 7) is 3.07. The van der Waals surface area contributed by atoms with Gasteiger partial charge in [-0.15, -0.1) is 0 Å². The maximum atomic E-state index is 13.7. The number of para-hydroxylation sites is 1. The Bertz CT molecular complexity index is 1260. The maximum absolute atomic E-state index is 13.7. The normalized spacial score (nSPS) is 22.2. The molecular formula is C23H29BrN3O9P. The number of benzene rings is 1. The third-order valence-electron chi connectivity index (χ3n) is 5.55. The van der Waals surface area contributed by atoms with E-state index < -0.39 is 56.0 Å². The molecule has 2 aromatic rings. The van der Waals surface area contributed by atoms with E-state index in [-0.39, 0.29) is 23.7 Å². The lowest BCUT2D eigenvalue weighted by atomic mass is 10.1. The van der Waals surface area contributed by atoms with Gasteiger partial charge in [0.15, 0.2) is 0 Å². The number of H-pyrrole nitrogens is 1. The third kappa shape index (κ3) is 7.50. The van der Waals surface area contributed by atoms with E-state index in [1.54, 1.807) is 44.2 Å². The minimum atomic E-state index is -4.19. The molecule has 12 nitrogen and oxygen atoms in total. The van der Waals surface area contributed by atoms with E-state index in [0.717, 1.165) is 4.57 Å². The van der Waals surface area contributed by atoms with E-state index in [2.05, 4.69) is 26.0 Å². The first-order chi connectivity index (χ1) is 17.6. The molecule has 2 heterocycles. The highest BCUT2D eigenvalue weighted by Crippen LogP contribution is 2.46. The van der Waals surface area contributed by atoms with Crippen molar-refractivity contribution >= 4 is 35.7 Å². The van der Waals surface area contributed by atoms with Gasteiger partial charge in [0.05, 0.1) is 25.4 Å². The van der Waals surface area contributed by atoms with Crippen molar-refractivity contribution in [1.82, 2.24) is 14.6 Å². The van der Waals surface area contributed by atoms with E-state index >= 15 is 0 Å². The van der Waals surface area contributed by atoms with Crippen LogP contribution >= 0.6 is 23.7 Å². The van der Waals surface area contributed by atoms with Gasteiger partial charge in [-0.1, -0.05) is 48.0 Å². The molecule has 0 amide bonds. The van der Waals surface area contributed by atoms with Crippen LogP contribution in [0.25, 0.3) is 6.08 Å². The van der Waals surface area contributed by atoms with Crippen LogP contribution in [0.5, 0.6) is 5.75 Å². The van der Waals surface area contributed by atoms with Gasteiger partial charge >= 0.3 is 19.4 Å². The van der Waals surface area contributed by atoms with Crippen LogP contribution in [0.1, 0.15) is 32.1 Å². The SMILES string of the molecule is COC(=O)C(NP(=O)(OCC1O[C@@H](n2cc(/C=C/Br)c(=O)[nH]c2=O)C[C@H]1O)Oc1ccccc1)C(C)C. The molecule has 1 aromatic carbocycles. The van der Waals surface area contributed by atoms with E-state index in [1.165, 1.54) is 24.4 Å². The number of aliphatic hydroxyl groups excluding tert-OH is 1. The lowest BCUT2D eigenvalue weighted by Gasteiger charge is -2.27. The zero-order chi connectivity index (χ0) is 27.2. The molecule has 202 valence electrons. The Morgan fingerprint density at radius 2 is 2.05 bits per heavy atom. The zero-order valence-electron chi connectivity index (χ0n) is 20.4. The summed E-state index contributed by atoms with van der Waals surface area (Å²) < 4.78 is 36.8. The first-order valence-electron chi connectivity index (χ1n) is 11.4. The van der Waals surface area contributed by atoms with E-state index in [4.69, 9.17) is 18.5 Å². The number of aromatic amines is 1. The Balaban J connectivity index is 1.80. The number of esters is 1. The Kier molecular flexibility index (Phi) is 10.0. The van der Waals surface area contributed by atoms with E-state index in [9.17, 15) is 24.1 Å². The molecule has 0 saturated carbocycles. The fourth-order valence-corrected chi connectivity index (χ4v) is 5.54. The van der Waals surface area contributed by atoms with Crippen LogP contribution in [0.4, 0.5) is 0 Å². The molecule has 0 aliphatic carbocycles. The summed E-state index contributed by atoms with van der Waals surface area (Å²) in [6.07, 6.45) is -0.235. The predicted molar refractivity (Wildman–Crippen MR) is 138 cm³/mol. The van der Waals surface area contributed by atoms with Crippen LogP contribution in [0.3, 0.4) is 0 Å². The van der Waals surface area contributed by atoms with E-state index in [1.807, 2.05) is 0 Å². The number of aliphatic hydroxyl groups is 1. The molecule has 0 spiro atoms. The molecule has 1 aromatic heterocycles. The first-order valence-corrected chi connectivity index (χ1v) is 13.8. The van der Waals surface area contributed by atoms with Gasteiger partial charge in [0, 0.05) is 12.6 Å². The van der Waals surface area contributed by atoms with Crippen molar-refractivity contribution in [2.75, 3.05) is 13.7 Å². The fourth-order valence-electron chi connectivity index (χ4n) is 3.59. The molecule has 1 aliphatic rings. The van der Waals surface area contributed by atoms with Crippen LogP contribution in [0.15, 0.2) is 51.1 Å². The number of methoxy groups -OCH3 is 1. The molecule has 3 N–H and O–H groups in total. The number of hydrogen-bond acceptors (Lipinski definition) is 9. The number of aromatic nitrogens is 2. The predicted octanol–water partition coefficient (Wildman–Crippen LogP) is 2.54. The highest BCUT2D eigenvalue weighted by Gasteiger charge is 2.40. The Hall–Kier alpha value is -2.54. The quantitative estimate of drug-likeness (QED) is 0.258. The second kappa shape index (κ2) is 12.8. The van der Waals surface area contributed by atoms with Crippen molar-refractivity contribution in [2.45, 2.75) is 44.7 Å². The summed E-state index contributed by atoms with van der Waals surface area (Å²) in [5, 5.41) is 13.2. The van der Waals surface area contributed by atoms with Crippen molar-refractivity contribution in [3.05, 3.63) is 67.9 Å². The second-order valence-corrected chi connectivity index (χ2v) is 10.8. The number of nitrogens with one attached hydrogen (secondary N) is 2. The largest absolute Gasteiger partial charge is 0.468 e. The Labute approximate surface area is 221 Å². The summed E-state index contributed by atoms with van der Waals surface area (Å²) in [4.78, 5) is 40.3. The summed E-state index contributed by atoms with van der Waals surface area (Å²) in [5.74, 6) is -0.751. The minimum absolute atomic E-state index is 0.00545. The smallest absolute Gasteiger partial charge is 0.459 e. The lowest BCUT2D eigenvalue weighted by molar-refractivity contribution is -0.143. The van der Waals surface area contributed by atoms with Crippen LogP contribution < -0.4 is 20.9 Å². The van der Waals surface area contributed by atoms with Gasteiger partial charge < -0.3 is 19.1 Å². The Morgan fingerprint density at radius 3 is 2.68 bits per heavy atom. The number of rotatable bonds is 11. The van der Waals surface area contributed by atoms with Gasteiger partial charge in [-0.05, 0) is 29.1 Å². The first kappa shape index (κ1) is 29.0. The molecule has 1 fully saturated rings. The molecule has 0 radical (unpaired) electrons.